The normalized spacial score (nSPS) is 10.3. The Kier molecular flexibility index (Phi) is 3.46. The van der Waals surface area contributed by atoms with E-state index in [1.54, 1.807) is 12.1 Å². The minimum atomic E-state index is 0.227. The van der Waals surface area contributed by atoms with Gasteiger partial charge in [0.05, 0.1) is 5.69 Å². The summed E-state index contributed by atoms with van der Waals surface area (Å²) in [5, 5.41) is 14.4. The zero-order valence-corrected chi connectivity index (χ0v) is 12.6. The van der Waals surface area contributed by atoms with E-state index >= 15 is 0 Å². The zero-order valence-electron chi connectivity index (χ0n) is 11.0. The molecule has 0 aliphatic rings. The molecule has 0 radical (unpaired) electrons. The molecule has 4 nitrogen and oxygen atoms in total. The van der Waals surface area contributed by atoms with Crippen LogP contribution in [0.1, 0.15) is 5.69 Å². The van der Waals surface area contributed by atoms with Crippen molar-refractivity contribution in [2.24, 2.45) is 0 Å². The first-order valence-electron chi connectivity index (χ1n) is 6.29. The van der Waals surface area contributed by atoms with Crippen molar-refractivity contribution in [2.75, 3.05) is 11.1 Å². The summed E-state index contributed by atoms with van der Waals surface area (Å²) >= 11 is 3.46. The SMILES string of the molecule is N#Cc1nc(Nc2ccc3cc(Br)ccc3c2)ccc1N. The minimum Gasteiger partial charge on any atom is -0.396 e. The molecule has 1 heterocycles. The second kappa shape index (κ2) is 5.43. The third kappa shape index (κ3) is 2.81. The van der Waals surface area contributed by atoms with Crippen molar-refractivity contribution in [3.05, 3.63) is 58.7 Å². The van der Waals surface area contributed by atoms with Gasteiger partial charge in [-0.1, -0.05) is 28.1 Å². The molecular formula is C16H11BrN4. The predicted octanol–water partition coefficient (Wildman–Crippen LogP) is 4.19. The minimum absolute atomic E-state index is 0.227. The maximum atomic E-state index is 8.95. The number of nitrogens with one attached hydrogen (secondary N) is 1. The molecule has 0 amide bonds. The number of aromatic nitrogens is 1. The van der Waals surface area contributed by atoms with Crippen LogP contribution in [-0.4, -0.2) is 4.98 Å². The highest BCUT2D eigenvalue weighted by atomic mass is 79.9. The molecule has 0 aliphatic heterocycles. The lowest BCUT2D eigenvalue weighted by Crippen LogP contribution is -1.98. The lowest BCUT2D eigenvalue weighted by molar-refractivity contribution is 1.26. The molecule has 3 aromatic rings. The second-order valence-electron chi connectivity index (χ2n) is 4.58. The van der Waals surface area contributed by atoms with Crippen molar-refractivity contribution in [1.29, 1.82) is 5.26 Å². The number of hydrogen-bond acceptors (Lipinski definition) is 4. The van der Waals surface area contributed by atoms with Crippen molar-refractivity contribution >= 4 is 43.9 Å². The molecule has 0 bridgehead atoms. The number of pyridine rings is 1. The Hall–Kier alpha value is -2.58. The summed E-state index contributed by atoms with van der Waals surface area (Å²) in [4.78, 5) is 4.18. The Morgan fingerprint density at radius 3 is 2.62 bits per heavy atom. The maximum Gasteiger partial charge on any atom is 0.165 e. The van der Waals surface area contributed by atoms with Crippen molar-refractivity contribution in [1.82, 2.24) is 4.98 Å². The number of benzene rings is 2. The van der Waals surface area contributed by atoms with Gasteiger partial charge in [-0.25, -0.2) is 4.98 Å². The highest BCUT2D eigenvalue weighted by molar-refractivity contribution is 9.10. The lowest BCUT2D eigenvalue weighted by atomic mass is 10.1. The lowest BCUT2D eigenvalue weighted by Gasteiger charge is -2.08. The maximum absolute atomic E-state index is 8.95. The van der Waals surface area contributed by atoms with Crippen LogP contribution in [0.3, 0.4) is 0 Å². The number of hydrogen-bond donors (Lipinski definition) is 2. The number of rotatable bonds is 2. The van der Waals surface area contributed by atoms with Gasteiger partial charge >= 0.3 is 0 Å². The van der Waals surface area contributed by atoms with Crippen molar-refractivity contribution in [3.63, 3.8) is 0 Å². The molecule has 0 atom stereocenters. The van der Waals surface area contributed by atoms with E-state index in [9.17, 15) is 0 Å². The fourth-order valence-corrected chi connectivity index (χ4v) is 2.45. The van der Waals surface area contributed by atoms with Crippen LogP contribution in [0, 0.1) is 11.3 Å². The molecule has 5 heteroatoms. The Morgan fingerprint density at radius 1 is 1.05 bits per heavy atom. The standard InChI is InChI=1S/C16H11BrN4/c17-12-3-1-11-8-13(4-2-10(11)7-12)20-16-6-5-14(19)15(9-18)21-16/h1-8H,19H2,(H,20,21). The van der Waals surface area contributed by atoms with Gasteiger partial charge in [0.25, 0.3) is 0 Å². The molecule has 0 saturated heterocycles. The molecule has 3 N–H and O–H groups in total. The van der Waals surface area contributed by atoms with E-state index in [0.717, 1.165) is 20.9 Å². The summed E-state index contributed by atoms with van der Waals surface area (Å²) in [6, 6.07) is 17.5. The molecule has 0 unspecified atom stereocenters. The van der Waals surface area contributed by atoms with E-state index in [1.165, 1.54) is 0 Å². The Bertz CT molecular complexity index is 868. The van der Waals surface area contributed by atoms with Crippen LogP contribution in [0.4, 0.5) is 17.2 Å². The van der Waals surface area contributed by atoms with Crippen LogP contribution in [0.15, 0.2) is 53.0 Å². The third-order valence-electron chi connectivity index (χ3n) is 3.11. The number of anilines is 3. The number of nitriles is 1. The second-order valence-corrected chi connectivity index (χ2v) is 5.49. The monoisotopic (exact) mass is 338 g/mol. The van der Waals surface area contributed by atoms with Gasteiger partial charge in [0.2, 0.25) is 0 Å². The zero-order chi connectivity index (χ0) is 14.8. The summed E-state index contributed by atoms with van der Waals surface area (Å²) < 4.78 is 1.05. The number of nitrogens with two attached hydrogens (primary N) is 1. The van der Waals surface area contributed by atoms with Gasteiger partial charge in [0.1, 0.15) is 11.9 Å². The molecule has 0 saturated carbocycles. The van der Waals surface area contributed by atoms with Gasteiger partial charge < -0.3 is 11.1 Å². The van der Waals surface area contributed by atoms with Gasteiger partial charge in [0.15, 0.2) is 5.69 Å². The molecule has 1 aromatic heterocycles. The van der Waals surface area contributed by atoms with Crippen LogP contribution < -0.4 is 11.1 Å². The van der Waals surface area contributed by atoms with Crippen molar-refractivity contribution in [2.45, 2.75) is 0 Å². The van der Waals surface area contributed by atoms with Gasteiger partial charge in [-0.3, -0.25) is 0 Å². The number of fused-ring (bicyclic) bond motifs is 1. The van der Waals surface area contributed by atoms with Crippen molar-refractivity contribution in [3.8, 4) is 6.07 Å². The van der Waals surface area contributed by atoms with Crippen LogP contribution >= 0.6 is 15.9 Å². The summed E-state index contributed by atoms with van der Waals surface area (Å²) in [5.41, 5.74) is 7.18. The average molecular weight is 339 g/mol. The first-order chi connectivity index (χ1) is 10.2. The molecular weight excluding hydrogens is 328 g/mol. The van der Waals surface area contributed by atoms with E-state index in [4.69, 9.17) is 11.0 Å². The van der Waals surface area contributed by atoms with E-state index < -0.39 is 0 Å². The molecule has 2 aromatic carbocycles. The van der Waals surface area contributed by atoms with Gasteiger partial charge in [0, 0.05) is 10.2 Å². The summed E-state index contributed by atoms with van der Waals surface area (Å²) in [6.07, 6.45) is 0. The molecule has 0 spiro atoms. The van der Waals surface area contributed by atoms with E-state index in [1.807, 2.05) is 36.4 Å². The van der Waals surface area contributed by atoms with Gasteiger partial charge in [-0.05, 0) is 47.2 Å². The van der Waals surface area contributed by atoms with Crippen LogP contribution in [0.5, 0.6) is 0 Å². The fraction of sp³-hybridized carbons (Fsp3) is 0. The Labute approximate surface area is 130 Å². The molecule has 21 heavy (non-hydrogen) atoms. The van der Waals surface area contributed by atoms with E-state index in [0.29, 0.717) is 11.5 Å². The molecule has 3 rings (SSSR count). The quantitative estimate of drug-likeness (QED) is 0.734. The average Bonchev–Trinajstić information content (AvgIpc) is 2.49. The van der Waals surface area contributed by atoms with Crippen LogP contribution in [0.2, 0.25) is 0 Å². The Balaban J connectivity index is 1.95. The summed E-state index contributed by atoms with van der Waals surface area (Å²) in [5.74, 6) is 0.595. The molecule has 102 valence electrons. The number of halogens is 1. The number of nitrogens with zero attached hydrogens (tertiary/aromatic N) is 2. The third-order valence-corrected chi connectivity index (χ3v) is 3.60. The van der Waals surface area contributed by atoms with E-state index in [2.05, 4.69) is 32.3 Å². The number of nitrogen functional groups attached to an aromatic ring is 1. The summed E-state index contributed by atoms with van der Waals surface area (Å²) in [7, 11) is 0. The van der Waals surface area contributed by atoms with Crippen molar-refractivity contribution < 1.29 is 0 Å². The van der Waals surface area contributed by atoms with Crippen LogP contribution in [-0.2, 0) is 0 Å². The molecule has 0 aliphatic carbocycles. The fourth-order valence-electron chi connectivity index (χ4n) is 2.07. The molecule has 0 fully saturated rings. The highest BCUT2D eigenvalue weighted by Crippen LogP contribution is 2.25. The van der Waals surface area contributed by atoms with Gasteiger partial charge in [-0.15, -0.1) is 0 Å². The van der Waals surface area contributed by atoms with Gasteiger partial charge in [-0.2, -0.15) is 5.26 Å². The first-order valence-corrected chi connectivity index (χ1v) is 7.08. The Morgan fingerprint density at radius 2 is 1.81 bits per heavy atom. The predicted molar refractivity (Wildman–Crippen MR) is 88.3 cm³/mol. The van der Waals surface area contributed by atoms with Crippen LogP contribution in [0.25, 0.3) is 10.8 Å². The largest absolute Gasteiger partial charge is 0.396 e. The highest BCUT2D eigenvalue weighted by Gasteiger charge is 2.03. The van der Waals surface area contributed by atoms with E-state index in [-0.39, 0.29) is 5.69 Å². The topological polar surface area (TPSA) is 74.7 Å². The smallest absolute Gasteiger partial charge is 0.165 e. The summed E-state index contributed by atoms with van der Waals surface area (Å²) in [6.45, 7) is 0. The first kappa shape index (κ1) is 13.4.